The number of ether oxygens (including phenoxy) is 4. The minimum atomic E-state index is -3.44. The van der Waals surface area contributed by atoms with Crippen LogP contribution in [0.25, 0.3) is 44.9 Å². The summed E-state index contributed by atoms with van der Waals surface area (Å²) < 4.78 is 140. The minimum Gasteiger partial charge on any atom is -0.483 e. The van der Waals surface area contributed by atoms with E-state index in [0.717, 1.165) is 76.5 Å². The molecule has 8 fully saturated rings. The molecule has 8 amide bonds. The largest absolute Gasteiger partial charge is 0.483 e. The Balaban J connectivity index is 0.000000147. The van der Waals surface area contributed by atoms with Crippen molar-refractivity contribution in [2.75, 3.05) is 100.0 Å². The SMILES string of the molecule is CC1=NCC(C(=O)N2CC[C@H](Oc3ccc(-c4cc(NC(=O)C5CC5)ccn4)cc3C#N)C(F)(F)C2)=N1.N#Cc1cc(-c2cc(NC(=O)C3CC3)ccn2)ccc1O[C@H]1CCN(C(=O)CO)CC1(F)F.N#Cc1cc(-c2cc(NC(=O)C3CC3)ccn2)ccc1O[C@H]1CCN(C(=O)[C@@H](O)CO)CC1(F)F.N#Cc1cc(-c2cccc(NC(=O)C3CC3)c2)ccc1O[C@H]1CCN(C(=O)CO)CC1(F)F. The molecule has 0 unspecified atom stereocenters. The first kappa shape index (κ1) is 99.1. The fourth-order valence-electron chi connectivity index (χ4n) is 15.6. The van der Waals surface area contributed by atoms with Crippen molar-refractivity contribution < 1.29 is 113 Å². The molecule has 4 saturated heterocycles. The Bertz CT molecular complexity index is 6050. The molecule has 5 aromatic carbocycles. The molecule has 0 radical (unpaired) electrons. The number of amides is 8. The highest BCUT2D eigenvalue weighted by Gasteiger charge is 2.53. The zero-order valence-electron chi connectivity index (χ0n) is 74.1. The standard InChI is InChI=1S/C26H24F2N6O3.C24H24F2N4O5.C24H23F2N3O4.C23H22F2N4O4/c1-15-31-13-21(32-15)25(36)34-9-7-23(26(27,28)14-34)37-22-5-4-17(10-18(22)12-29)20-11-19(6-8-30-20)33-24(35)16-2-3-16;25-24(26)13-30(23(34)19(32)12-31)8-6-21(24)35-20-4-3-15(9-16(20)11-27)18-10-17(5-7-28-18)29-22(33)14-1-2-14;25-24(26)14-29(22(31)13-30)9-8-21(24)33-20-7-6-17(10-18(20)12-27)16-2-1-3-19(11-16)28-23(32)15-4-5-15;24-23(25)13-29(21(31)12-30)8-6-20(23)33-19-4-3-15(9-16(19)11-26)18-10-17(5-7-27-18)28-22(32)14-1-2-14/h4-6,8,10-11,16,23H,2-3,7,9,13-14H2,1H3,(H,30,33,35);3-5,7,9-10,14,19,21,31-32H,1-2,6,8,12-13H2,(H,28,29,33);1-3,6-7,10-11,15,21,30H,4-5,8-9,13-14H2,(H,28,32);3-5,7,9-10,14,20,30H,1-2,6,8,12-13H2,(H,27,28,32)/t23-;19-,21-;21-;20-/m0000/s1. The molecule has 5 atom stereocenters. The first-order valence-corrected chi connectivity index (χ1v) is 44.4. The van der Waals surface area contributed by atoms with Gasteiger partial charge in [-0.15, -0.1) is 0 Å². The van der Waals surface area contributed by atoms with Gasteiger partial charge in [0.1, 0.15) is 72.0 Å². The molecule has 8 N–H and O–H groups in total. The summed E-state index contributed by atoms with van der Waals surface area (Å²) in [5.74, 6) is -15.9. The Morgan fingerprint density at radius 2 is 0.710 bits per heavy atom. The molecule has 718 valence electrons. The molecule has 17 rings (SSSR count). The predicted octanol–water partition coefficient (Wildman–Crippen LogP) is 11.2. The number of aliphatic hydroxyl groups is 4. The van der Waals surface area contributed by atoms with E-state index in [1.54, 1.807) is 98.0 Å². The maximum atomic E-state index is 15.0. The first-order chi connectivity index (χ1) is 66.0. The number of hydrogen-bond donors (Lipinski definition) is 8. The summed E-state index contributed by atoms with van der Waals surface area (Å²) in [6.07, 6.45) is 3.21. The first-order valence-electron chi connectivity index (χ1n) is 44.4. The van der Waals surface area contributed by atoms with E-state index in [-0.39, 0.29) is 157 Å². The van der Waals surface area contributed by atoms with E-state index in [2.05, 4.69) is 46.2 Å². The number of hydrogen-bond acceptors (Lipinski definition) is 25. The average Bonchev–Trinajstić information content (AvgIpc) is 1.79. The van der Waals surface area contributed by atoms with E-state index < -0.39 is 124 Å². The molecule has 0 spiro atoms. The summed E-state index contributed by atoms with van der Waals surface area (Å²) in [6, 6.07) is 43.4. The number of nitrogens with zero attached hydrogens (tertiary/aromatic N) is 13. The maximum absolute atomic E-state index is 15.0. The van der Waals surface area contributed by atoms with Gasteiger partial charge in [0, 0.05) is 134 Å². The number of halogens is 8. The molecule has 5 aliphatic heterocycles. The number of pyridine rings is 3. The Labute approximate surface area is 784 Å². The predicted molar refractivity (Wildman–Crippen MR) is 480 cm³/mol. The van der Waals surface area contributed by atoms with Gasteiger partial charge >= 0.3 is 23.7 Å². The van der Waals surface area contributed by atoms with Crippen LogP contribution < -0.4 is 40.2 Å². The minimum absolute atomic E-state index is 0.00560. The van der Waals surface area contributed by atoms with Crippen molar-refractivity contribution in [3.05, 3.63) is 174 Å². The average molecular weight is 1900 g/mol. The number of likely N-dealkylation sites (tertiary alicyclic amines) is 4. The van der Waals surface area contributed by atoms with Crippen LogP contribution in [0.1, 0.15) is 106 Å². The van der Waals surface area contributed by atoms with Crippen molar-refractivity contribution >= 4 is 81.6 Å². The van der Waals surface area contributed by atoms with E-state index >= 15 is 8.78 Å². The van der Waals surface area contributed by atoms with Crippen LogP contribution in [0.15, 0.2) is 162 Å². The number of aliphatic imine (C=N–C) groups is 2. The van der Waals surface area contributed by atoms with Crippen molar-refractivity contribution in [3.8, 4) is 92.2 Å². The van der Waals surface area contributed by atoms with Gasteiger partial charge in [-0.3, -0.25) is 58.3 Å². The number of anilines is 4. The molecular weight excluding hydrogens is 1810 g/mol. The van der Waals surface area contributed by atoms with Gasteiger partial charge in [0.25, 0.3) is 11.8 Å². The van der Waals surface area contributed by atoms with E-state index in [1.807, 2.05) is 30.3 Å². The number of rotatable bonds is 25. The number of benzene rings is 5. The zero-order chi connectivity index (χ0) is 98.5. The van der Waals surface area contributed by atoms with Crippen LogP contribution in [0.5, 0.6) is 23.0 Å². The third-order valence-corrected chi connectivity index (χ3v) is 23.9. The lowest BCUT2D eigenvalue weighted by Crippen LogP contribution is -2.57. The van der Waals surface area contributed by atoms with Crippen molar-refractivity contribution in [2.45, 2.75) is 138 Å². The molecule has 4 saturated carbocycles. The maximum Gasteiger partial charge on any atom is 0.301 e. The Hall–Kier alpha value is -14.9. The number of nitriles is 4. The summed E-state index contributed by atoms with van der Waals surface area (Å²) in [4.78, 5) is 120. The van der Waals surface area contributed by atoms with Crippen LogP contribution in [0.3, 0.4) is 0 Å². The van der Waals surface area contributed by atoms with Crippen molar-refractivity contribution in [2.24, 2.45) is 33.7 Å². The normalized spacial score (nSPS) is 19.9. The number of aromatic nitrogens is 3. The van der Waals surface area contributed by atoms with Gasteiger partial charge < -0.3 is 80.2 Å². The van der Waals surface area contributed by atoms with Gasteiger partial charge in [-0.1, -0.05) is 18.2 Å². The fourth-order valence-corrected chi connectivity index (χ4v) is 15.6. The number of piperidine rings is 4. The van der Waals surface area contributed by atoms with Gasteiger partial charge in [0.05, 0.1) is 78.7 Å². The third kappa shape index (κ3) is 25.0. The second kappa shape index (κ2) is 43.0. The van der Waals surface area contributed by atoms with Gasteiger partial charge in [-0.05, 0) is 185 Å². The molecule has 0 bridgehead atoms. The number of carbonyl (C=O) groups excluding carboxylic acids is 8. The number of carbonyl (C=O) groups is 8. The zero-order valence-corrected chi connectivity index (χ0v) is 74.1. The van der Waals surface area contributed by atoms with Crippen LogP contribution >= 0.6 is 0 Å². The molecule has 138 heavy (non-hydrogen) atoms. The second-order valence-corrected chi connectivity index (χ2v) is 34.4. The summed E-state index contributed by atoms with van der Waals surface area (Å²) in [6.45, 7) is -4.26. The van der Waals surface area contributed by atoms with E-state index in [0.29, 0.717) is 67.9 Å². The van der Waals surface area contributed by atoms with Crippen LogP contribution in [0.4, 0.5) is 57.9 Å². The Morgan fingerprint density at radius 3 is 1.02 bits per heavy atom. The van der Waals surface area contributed by atoms with Gasteiger partial charge in [0.2, 0.25) is 35.4 Å². The molecule has 8 heterocycles. The monoisotopic (exact) mass is 1900 g/mol. The molecule has 8 aromatic rings. The molecule has 4 aliphatic carbocycles. The van der Waals surface area contributed by atoms with Gasteiger partial charge in [-0.2, -0.15) is 21.0 Å². The Kier molecular flexibility index (Phi) is 30.9. The summed E-state index contributed by atoms with van der Waals surface area (Å²) in [5, 5.41) is 86.0. The van der Waals surface area contributed by atoms with Crippen molar-refractivity contribution in [3.63, 3.8) is 0 Å². The van der Waals surface area contributed by atoms with Gasteiger partial charge in [0.15, 0.2) is 30.5 Å². The summed E-state index contributed by atoms with van der Waals surface area (Å²) >= 11 is 0. The highest BCUT2D eigenvalue weighted by Crippen LogP contribution is 2.43. The molecule has 33 nitrogen and oxygen atoms in total. The smallest absolute Gasteiger partial charge is 0.301 e. The number of nitrogens with one attached hydrogen (secondary N) is 4. The van der Waals surface area contributed by atoms with E-state index in [9.17, 15) is 90.9 Å². The topological polar surface area (TPSA) is 474 Å². The molecular formula is C97H93F8N17O16. The van der Waals surface area contributed by atoms with E-state index in [1.165, 1.54) is 54.9 Å². The molecule has 9 aliphatic rings. The summed E-state index contributed by atoms with van der Waals surface area (Å²) in [5.41, 5.74) is 7.44. The second-order valence-electron chi connectivity index (χ2n) is 34.4. The number of alkyl halides is 8. The van der Waals surface area contributed by atoms with Gasteiger partial charge in [-0.25, -0.2) is 40.1 Å². The van der Waals surface area contributed by atoms with Crippen LogP contribution in [-0.4, -0.2) is 247 Å². The highest BCUT2D eigenvalue weighted by atomic mass is 19.3. The Morgan fingerprint density at radius 1 is 0.406 bits per heavy atom. The van der Waals surface area contributed by atoms with Crippen molar-refractivity contribution in [1.29, 1.82) is 21.0 Å². The lowest BCUT2D eigenvalue weighted by Gasteiger charge is -2.38. The van der Waals surface area contributed by atoms with E-state index in [4.69, 9.17) is 34.3 Å². The quantitative estimate of drug-likeness (QED) is 0.0246. The number of aliphatic hydroxyl groups excluding tert-OH is 4. The van der Waals surface area contributed by atoms with Crippen LogP contribution in [-0.2, 0) is 38.4 Å². The lowest BCUT2D eigenvalue weighted by molar-refractivity contribution is -0.167. The lowest BCUT2D eigenvalue weighted by atomic mass is 10.0. The van der Waals surface area contributed by atoms with Crippen LogP contribution in [0, 0.1) is 69.0 Å². The number of amidine groups is 1. The highest BCUT2D eigenvalue weighted by molar-refractivity contribution is 6.42. The molecule has 3 aromatic heterocycles. The third-order valence-electron chi connectivity index (χ3n) is 23.9. The molecule has 41 heteroatoms. The fraction of sp³-hybridized carbons (Fsp3) is 0.392. The summed E-state index contributed by atoms with van der Waals surface area (Å²) in [7, 11) is 0. The van der Waals surface area contributed by atoms with Crippen LogP contribution in [0.2, 0.25) is 0 Å². The van der Waals surface area contributed by atoms with Crippen molar-refractivity contribution in [1.82, 2.24) is 34.6 Å².